The number of aryl methyl sites for hydroxylation is 1. The molecule has 1 atom stereocenters. The van der Waals surface area contributed by atoms with Crippen molar-refractivity contribution in [3.8, 4) is 0 Å². The number of benzene rings is 1. The van der Waals surface area contributed by atoms with E-state index in [9.17, 15) is 14.0 Å². The Labute approximate surface area is 227 Å². The summed E-state index contributed by atoms with van der Waals surface area (Å²) in [4.78, 5) is 37.0. The Bertz CT molecular complexity index is 1620. The van der Waals surface area contributed by atoms with Gasteiger partial charge in [-0.2, -0.15) is 5.10 Å². The molecule has 0 saturated carbocycles. The molecule has 0 radical (unpaired) electrons. The molecular weight excluding hydrogens is 531 g/mol. The van der Waals surface area contributed by atoms with E-state index in [2.05, 4.69) is 20.1 Å². The SMILES string of the molecule is CSNC(=O)c1nc(Cl)ccc1NC(C)c1cc(F)cc2c(=O)n(C)c(N3CCc4c(cnn4C)C3)nc12. The summed E-state index contributed by atoms with van der Waals surface area (Å²) < 4.78 is 20.7. The van der Waals surface area contributed by atoms with Crippen LogP contribution >= 0.6 is 23.5 Å². The van der Waals surface area contributed by atoms with Crippen molar-refractivity contribution in [3.63, 3.8) is 0 Å². The Morgan fingerprint density at radius 1 is 1.24 bits per heavy atom. The number of carbonyl (C=O) groups excluding carboxylic acids is 1. The zero-order valence-corrected chi connectivity index (χ0v) is 22.8. The van der Waals surface area contributed by atoms with Gasteiger partial charge < -0.3 is 10.2 Å². The third-order valence-corrected chi connectivity index (χ3v) is 7.27. The standard InChI is InChI=1S/C25H26ClFN8O2S/c1-13(29-18-5-6-20(26)30-22(18)23(36)32-38-4)16-9-15(27)10-17-21(16)31-25(33(2)24(17)37)35-8-7-19-14(12-35)11-28-34(19)3/h5-6,9-11,13,29H,7-8,12H2,1-4H3,(H,32,36). The van der Waals surface area contributed by atoms with Crippen LogP contribution in [-0.2, 0) is 27.1 Å². The van der Waals surface area contributed by atoms with Crippen LogP contribution in [0.25, 0.3) is 10.9 Å². The van der Waals surface area contributed by atoms with Gasteiger partial charge in [0.25, 0.3) is 11.5 Å². The lowest BCUT2D eigenvalue weighted by Crippen LogP contribution is -2.36. The Hall–Kier alpha value is -3.64. The van der Waals surface area contributed by atoms with Gasteiger partial charge >= 0.3 is 0 Å². The van der Waals surface area contributed by atoms with Gasteiger partial charge in [0, 0.05) is 56.7 Å². The zero-order valence-electron chi connectivity index (χ0n) is 21.2. The fourth-order valence-electron chi connectivity index (χ4n) is 4.80. The van der Waals surface area contributed by atoms with Crippen molar-refractivity contribution in [3.05, 3.63) is 74.3 Å². The van der Waals surface area contributed by atoms with Gasteiger partial charge in [0.05, 0.1) is 28.8 Å². The van der Waals surface area contributed by atoms with E-state index < -0.39 is 17.8 Å². The van der Waals surface area contributed by atoms with E-state index in [-0.39, 0.29) is 21.8 Å². The van der Waals surface area contributed by atoms with Crippen molar-refractivity contribution in [1.82, 2.24) is 29.0 Å². The van der Waals surface area contributed by atoms with Gasteiger partial charge in [0.15, 0.2) is 5.69 Å². The minimum atomic E-state index is -0.555. The molecule has 1 aliphatic heterocycles. The number of pyridine rings is 1. The molecule has 1 aliphatic rings. The summed E-state index contributed by atoms with van der Waals surface area (Å²) in [5, 5.41) is 7.92. The number of carbonyl (C=O) groups is 1. The van der Waals surface area contributed by atoms with Crippen molar-refractivity contribution in [2.45, 2.75) is 25.9 Å². The maximum absolute atomic E-state index is 14.8. The minimum absolute atomic E-state index is 0.101. The summed E-state index contributed by atoms with van der Waals surface area (Å²) in [6.45, 7) is 3.03. The Kier molecular flexibility index (Phi) is 7.01. The van der Waals surface area contributed by atoms with Crippen LogP contribution in [0.4, 0.5) is 16.0 Å². The highest BCUT2D eigenvalue weighted by molar-refractivity contribution is 7.97. The highest BCUT2D eigenvalue weighted by Crippen LogP contribution is 2.30. The Balaban J connectivity index is 1.57. The van der Waals surface area contributed by atoms with Crippen LogP contribution in [0.2, 0.25) is 5.15 Å². The predicted molar refractivity (Wildman–Crippen MR) is 147 cm³/mol. The zero-order chi connectivity index (χ0) is 27.1. The largest absolute Gasteiger partial charge is 0.377 e. The van der Waals surface area contributed by atoms with Crippen LogP contribution in [0.5, 0.6) is 0 Å². The maximum Gasteiger partial charge on any atom is 0.281 e. The Morgan fingerprint density at radius 2 is 2.03 bits per heavy atom. The molecule has 3 aromatic heterocycles. The lowest BCUT2D eigenvalue weighted by molar-refractivity contribution is 0.0980. The fraction of sp³-hybridized carbons (Fsp3) is 0.320. The number of nitrogens with one attached hydrogen (secondary N) is 2. The lowest BCUT2D eigenvalue weighted by Gasteiger charge is -2.29. The van der Waals surface area contributed by atoms with Crippen molar-refractivity contribution >= 4 is 52.0 Å². The molecule has 0 bridgehead atoms. The first-order valence-corrected chi connectivity index (χ1v) is 13.5. The van der Waals surface area contributed by atoms with E-state index in [0.29, 0.717) is 35.8 Å². The third-order valence-electron chi connectivity index (χ3n) is 6.67. The van der Waals surface area contributed by atoms with Gasteiger partial charge in [-0.05, 0) is 31.2 Å². The average Bonchev–Trinajstić information content (AvgIpc) is 3.27. The summed E-state index contributed by atoms with van der Waals surface area (Å²) in [7, 11) is 3.56. The molecule has 1 amide bonds. The van der Waals surface area contributed by atoms with Crippen molar-refractivity contribution in [2.24, 2.45) is 14.1 Å². The number of hydrogen-bond donors (Lipinski definition) is 2. The van der Waals surface area contributed by atoms with Gasteiger partial charge in [-0.25, -0.2) is 14.4 Å². The van der Waals surface area contributed by atoms with E-state index in [4.69, 9.17) is 16.6 Å². The number of anilines is 2. The molecule has 1 aromatic carbocycles. The number of halogens is 2. The molecule has 1 unspecified atom stereocenters. The average molecular weight is 557 g/mol. The van der Waals surface area contributed by atoms with E-state index in [0.717, 1.165) is 29.6 Å². The van der Waals surface area contributed by atoms with Gasteiger partial charge in [-0.3, -0.25) is 23.6 Å². The summed E-state index contributed by atoms with van der Waals surface area (Å²) in [5.74, 6) is -0.487. The van der Waals surface area contributed by atoms with Crippen molar-refractivity contribution in [2.75, 3.05) is 23.0 Å². The van der Waals surface area contributed by atoms with Gasteiger partial charge in [-0.1, -0.05) is 23.5 Å². The molecule has 4 aromatic rings. The van der Waals surface area contributed by atoms with E-state index in [1.807, 2.05) is 22.8 Å². The smallest absolute Gasteiger partial charge is 0.281 e. The molecule has 0 spiro atoms. The van der Waals surface area contributed by atoms with E-state index in [1.54, 1.807) is 32.4 Å². The molecule has 4 heterocycles. The van der Waals surface area contributed by atoms with Crippen molar-refractivity contribution in [1.29, 1.82) is 0 Å². The monoisotopic (exact) mass is 556 g/mol. The van der Waals surface area contributed by atoms with Crippen LogP contribution < -0.4 is 20.5 Å². The molecule has 0 fully saturated rings. The maximum atomic E-state index is 14.8. The first kappa shape index (κ1) is 26.0. The van der Waals surface area contributed by atoms with Crippen LogP contribution in [0.1, 0.15) is 40.3 Å². The molecule has 2 N–H and O–H groups in total. The molecule has 0 saturated heterocycles. The topological polar surface area (TPSA) is 110 Å². The second-order valence-electron chi connectivity index (χ2n) is 9.11. The molecule has 10 nitrogen and oxygen atoms in total. The lowest BCUT2D eigenvalue weighted by atomic mass is 10.0. The number of fused-ring (bicyclic) bond motifs is 2. The number of rotatable bonds is 6. The normalized spacial score (nSPS) is 13.9. The summed E-state index contributed by atoms with van der Waals surface area (Å²) in [5.41, 5.74) is 3.27. The van der Waals surface area contributed by atoms with Gasteiger partial charge in [0.2, 0.25) is 5.95 Å². The van der Waals surface area contributed by atoms with Crippen LogP contribution in [-0.4, -0.2) is 43.0 Å². The number of nitrogens with zero attached hydrogens (tertiary/aromatic N) is 6. The molecule has 5 rings (SSSR count). The first-order valence-electron chi connectivity index (χ1n) is 11.9. The predicted octanol–water partition coefficient (Wildman–Crippen LogP) is 3.60. The van der Waals surface area contributed by atoms with E-state index >= 15 is 0 Å². The van der Waals surface area contributed by atoms with Crippen LogP contribution in [0.15, 0.2) is 35.3 Å². The molecule has 198 valence electrons. The fourth-order valence-corrected chi connectivity index (χ4v) is 5.23. The number of hydrogen-bond acceptors (Lipinski definition) is 8. The third kappa shape index (κ3) is 4.69. The highest BCUT2D eigenvalue weighted by Gasteiger charge is 2.25. The van der Waals surface area contributed by atoms with Gasteiger partial charge in [-0.15, -0.1) is 0 Å². The quantitative estimate of drug-likeness (QED) is 0.274. The van der Waals surface area contributed by atoms with Crippen molar-refractivity contribution < 1.29 is 9.18 Å². The second kappa shape index (κ2) is 10.3. The first-order chi connectivity index (χ1) is 18.2. The molecule has 13 heteroatoms. The van der Waals surface area contributed by atoms with Crippen LogP contribution in [0, 0.1) is 5.82 Å². The summed E-state index contributed by atoms with van der Waals surface area (Å²) >= 11 is 7.17. The van der Waals surface area contributed by atoms with E-state index in [1.165, 1.54) is 16.7 Å². The molecule has 0 aliphatic carbocycles. The summed E-state index contributed by atoms with van der Waals surface area (Å²) in [6, 6.07) is 5.24. The minimum Gasteiger partial charge on any atom is -0.377 e. The number of amides is 1. The molecular formula is C25H26ClFN8O2S. The summed E-state index contributed by atoms with van der Waals surface area (Å²) in [6.07, 6.45) is 4.31. The second-order valence-corrected chi connectivity index (χ2v) is 10.1. The molecule has 38 heavy (non-hydrogen) atoms. The Morgan fingerprint density at radius 3 is 2.79 bits per heavy atom. The highest BCUT2D eigenvalue weighted by atomic mass is 35.5. The van der Waals surface area contributed by atoms with Gasteiger partial charge in [0.1, 0.15) is 11.0 Å². The number of aromatic nitrogens is 5. The van der Waals surface area contributed by atoms with Crippen LogP contribution in [0.3, 0.4) is 0 Å².